The third-order valence-corrected chi connectivity index (χ3v) is 5.65. The smallest absolute Gasteiger partial charge is 0.308 e. The van der Waals surface area contributed by atoms with Crippen LogP contribution in [0.2, 0.25) is 0 Å². The van der Waals surface area contributed by atoms with E-state index in [0.29, 0.717) is 17.8 Å². The maximum atomic E-state index is 13.4. The fraction of sp³-hybridized carbons (Fsp3) is 0.412. The molecule has 0 aliphatic carbocycles. The molecule has 3 rings (SSSR count). The molecule has 2 atom stereocenters. The lowest BCUT2D eigenvalue weighted by Crippen LogP contribution is -2.45. The van der Waals surface area contributed by atoms with Gasteiger partial charge in [0.1, 0.15) is 5.82 Å². The third kappa shape index (κ3) is 2.95. The molecule has 2 aromatic rings. The molecule has 122 valence electrons. The summed E-state index contributed by atoms with van der Waals surface area (Å²) in [6, 6.07) is 4.50. The SMILES string of the molecule is Cc1c(C(=O)N2CC(C)CC(C(=O)O)C2)sc2ccc(F)cc12. The molecule has 0 radical (unpaired) electrons. The fourth-order valence-electron chi connectivity index (χ4n) is 3.24. The number of likely N-dealkylation sites (tertiary alicyclic amines) is 1. The minimum absolute atomic E-state index is 0.151. The Morgan fingerprint density at radius 3 is 2.78 bits per heavy atom. The van der Waals surface area contributed by atoms with Gasteiger partial charge in [0.25, 0.3) is 5.91 Å². The van der Waals surface area contributed by atoms with Crippen LogP contribution in [0.25, 0.3) is 10.1 Å². The molecule has 1 amide bonds. The summed E-state index contributed by atoms with van der Waals surface area (Å²) in [5.41, 5.74) is 0.764. The van der Waals surface area contributed by atoms with Gasteiger partial charge >= 0.3 is 5.97 Å². The molecule has 1 saturated heterocycles. The molecule has 0 saturated carbocycles. The Labute approximate surface area is 137 Å². The number of aliphatic carboxylic acids is 1. The Balaban J connectivity index is 1.93. The van der Waals surface area contributed by atoms with Gasteiger partial charge in [-0.3, -0.25) is 9.59 Å². The molecule has 0 bridgehead atoms. The van der Waals surface area contributed by atoms with Crippen molar-refractivity contribution in [2.24, 2.45) is 11.8 Å². The van der Waals surface area contributed by atoms with Crippen LogP contribution in [0.3, 0.4) is 0 Å². The van der Waals surface area contributed by atoms with Crippen molar-refractivity contribution in [1.82, 2.24) is 4.90 Å². The van der Waals surface area contributed by atoms with Crippen LogP contribution in [0.1, 0.15) is 28.6 Å². The van der Waals surface area contributed by atoms with E-state index >= 15 is 0 Å². The lowest BCUT2D eigenvalue weighted by Gasteiger charge is -2.34. The monoisotopic (exact) mass is 335 g/mol. The quantitative estimate of drug-likeness (QED) is 0.913. The largest absolute Gasteiger partial charge is 0.481 e. The minimum Gasteiger partial charge on any atom is -0.481 e. The summed E-state index contributed by atoms with van der Waals surface area (Å²) in [7, 11) is 0. The number of carboxylic acids is 1. The molecule has 1 fully saturated rings. The van der Waals surface area contributed by atoms with Crippen LogP contribution in [0.15, 0.2) is 18.2 Å². The first-order valence-electron chi connectivity index (χ1n) is 7.57. The highest BCUT2D eigenvalue weighted by atomic mass is 32.1. The summed E-state index contributed by atoms with van der Waals surface area (Å²) < 4.78 is 14.3. The molecular weight excluding hydrogens is 317 g/mol. The van der Waals surface area contributed by atoms with Crippen molar-refractivity contribution in [3.05, 3.63) is 34.5 Å². The van der Waals surface area contributed by atoms with Crippen LogP contribution in [0, 0.1) is 24.6 Å². The Kier molecular flexibility index (Phi) is 4.10. The number of halogens is 1. The zero-order valence-electron chi connectivity index (χ0n) is 13.0. The maximum absolute atomic E-state index is 13.4. The van der Waals surface area contributed by atoms with Crippen LogP contribution < -0.4 is 0 Å². The van der Waals surface area contributed by atoms with Crippen molar-refractivity contribution in [2.75, 3.05) is 13.1 Å². The van der Waals surface area contributed by atoms with Crippen LogP contribution in [0.5, 0.6) is 0 Å². The first kappa shape index (κ1) is 15.9. The third-order valence-electron chi connectivity index (χ3n) is 4.39. The molecular formula is C17H18FNO3S. The molecule has 1 aromatic heterocycles. The van der Waals surface area contributed by atoms with Crippen molar-refractivity contribution >= 4 is 33.3 Å². The predicted octanol–water partition coefficient (Wildman–Crippen LogP) is 3.53. The zero-order valence-corrected chi connectivity index (χ0v) is 13.8. The molecule has 1 aromatic carbocycles. The van der Waals surface area contributed by atoms with Crippen LogP contribution in [0.4, 0.5) is 4.39 Å². The van der Waals surface area contributed by atoms with Crippen molar-refractivity contribution in [1.29, 1.82) is 0 Å². The van der Waals surface area contributed by atoms with Gasteiger partial charge in [0.15, 0.2) is 0 Å². The molecule has 2 unspecified atom stereocenters. The van der Waals surface area contributed by atoms with Crippen molar-refractivity contribution in [2.45, 2.75) is 20.3 Å². The van der Waals surface area contributed by atoms with Gasteiger partial charge in [-0.25, -0.2) is 4.39 Å². The summed E-state index contributed by atoms with van der Waals surface area (Å²) in [4.78, 5) is 26.3. The van der Waals surface area contributed by atoms with E-state index in [2.05, 4.69) is 0 Å². The van der Waals surface area contributed by atoms with E-state index in [1.165, 1.54) is 23.5 Å². The molecule has 0 spiro atoms. The lowest BCUT2D eigenvalue weighted by atomic mass is 9.90. The number of carboxylic acid groups (broad SMARTS) is 1. The van der Waals surface area contributed by atoms with E-state index in [1.807, 2.05) is 13.8 Å². The van der Waals surface area contributed by atoms with E-state index in [4.69, 9.17) is 0 Å². The van der Waals surface area contributed by atoms with Gasteiger partial charge in [-0.05, 0) is 48.4 Å². The molecule has 4 nitrogen and oxygen atoms in total. The predicted molar refractivity (Wildman–Crippen MR) is 87.3 cm³/mol. The summed E-state index contributed by atoms with van der Waals surface area (Å²) in [6.07, 6.45) is 0.593. The van der Waals surface area contributed by atoms with Crippen molar-refractivity contribution in [3.63, 3.8) is 0 Å². The lowest BCUT2D eigenvalue weighted by molar-refractivity contribution is -0.143. The van der Waals surface area contributed by atoms with Gasteiger partial charge in [-0.2, -0.15) is 0 Å². The number of carbonyl (C=O) groups is 2. The first-order valence-corrected chi connectivity index (χ1v) is 8.39. The number of amides is 1. The van der Waals surface area contributed by atoms with Gasteiger partial charge in [-0.1, -0.05) is 6.92 Å². The van der Waals surface area contributed by atoms with Gasteiger partial charge in [0.05, 0.1) is 10.8 Å². The number of hydrogen-bond acceptors (Lipinski definition) is 3. The maximum Gasteiger partial charge on any atom is 0.308 e. The van der Waals surface area contributed by atoms with E-state index in [0.717, 1.165) is 15.6 Å². The van der Waals surface area contributed by atoms with Crippen LogP contribution in [-0.4, -0.2) is 35.0 Å². The minimum atomic E-state index is -0.857. The normalized spacial score (nSPS) is 21.6. The Morgan fingerprint density at radius 2 is 2.09 bits per heavy atom. The van der Waals surface area contributed by atoms with Gasteiger partial charge in [0, 0.05) is 17.8 Å². The molecule has 2 heterocycles. The summed E-state index contributed by atoms with van der Waals surface area (Å²) in [6.45, 7) is 4.57. The zero-order chi connectivity index (χ0) is 16.7. The summed E-state index contributed by atoms with van der Waals surface area (Å²) in [5.74, 6) is -1.70. The summed E-state index contributed by atoms with van der Waals surface area (Å²) >= 11 is 1.34. The van der Waals surface area contributed by atoms with Crippen LogP contribution in [-0.2, 0) is 4.79 Å². The van der Waals surface area contributed by atoms with Crippen molar-refractivity contribution in [3.8, 4) is 0 Å². The number of benzene rings is 1. The topological polar surface area (TPSA) is 57.6 Å². The van der Waals surface area contributed by atoms with E-state index < -0.39 is 11.9 Å². The van der Waals surface area contributed by atoms with E-state index in [1.54, 1.807) is 11.0 Å². The number of carbonyl (C=O) groups excluding carboxylic acids is 1. The Morgan fingerprint density at radius 1 is 1.35 bits per heavy atom. The number of thiophene rings is 1. The fourth-order valence-corrected chi connectivity index (χ4v) is 4.39. The van der Waals surface area contributed by atoms with Gasteiger partial charge in [0.2, 0.25) is 0 Å². The van der Waals surface area contributed by atoms with Crippen LogP contribution >= 0.6 is 11.3 Å². The number of nitrogens with zero attached hydrogens (tertiary/aromatic N) is 1. The molecule has 1 aliphatic rings. The van der Waals surface area contributed by atoms with E-state index in [9.17, 15) is 19.1 Å². The molecule has 1 aliphatic heterocycles. The second-order valence-electron chi connectivity index (χ2n) is 6.28. The Bertz CT molecular complexity index is 785. The summed E-state index contributed by atoms with van der Waals surface area (Å²) in [5, 5.41) is 10.00. The number of piperidine rings is 1. The second kappa shape index (κ2) is 5.92. The second-order valence-corrected chi connectivity index (χ2v) is 7.34. The number of rotatable bonds is 2. The van der Waals surface area contributed by atoms with Gasteiger partial charge < -0.3 is 10.0 Å². The highest BCUT2D eigenvalue weighted by Crippen LogP contribution is 2.33. The molecule has 6 heteroatoms. The number of fused-ring (bicyclic) bond motifs is 1. The first-order chi connectivity index (χ1) is 10.9. The average molecular weight is 335 g/mol. The Hall–Kier alpha value is -1.95. The molecule has 23 heavy (non-hydrogen) atoms. The average Bonchev–Trinajstić information content (AvgIpc) is 2.82. The standard InChI is InChI=1S/C17H18FNO3S/c1-9-5-11(17(21)22)8-19(7-9)16(20)15-10(2)13-6-12(18)3-4-14(13)23-15/h3-4,6,9,11H,5,7-8H2,1-2H3,(H,21,22). The van der Waals surface area contributed by atoms with E-state index in [-0.39, 0.29) is 24.2 Å². The number of aryl methyl sites for hydroxylation is 1. The van der Waals surface area contributed by atoms with Crippen molar-refractivity contribution < 1.29 is 19.1 Å². The highest BCUT2D eigenvalue weighted by molar-refractivity contribution is 7.21. The van der Waals surface area contributed by atoms with Gasteiger partial charge in [-0.15, -0.1) is 11.3 Å². The highest BCUT2D eigenvalue weighted by Gasteiger charge is 2.33. The number of hydrogen-bond donors (Lipinski definition) is 1. The molecule has 1 N–H and O–H groups in total.